The minimum atomic E-state index is -4.45. The summed E-state index contributed by atoms with van der Waals surface area (Å²) in [6.45, 7) is 7.88. The number of carbonyl (C=O) groups excluding carboxylic acids is 1. The molecular formula is C26H33F3N4O3. The zero-order valence-electron chi connectivity index (χ0n) is 21.1. The largest absolute Gasteiger partial charge is 0.416 e. The van der Waals surface area contributed by atoms with E-state index in [1.54, 1.807) is 13.0 Å². The molecule has 2 N–H and O–H groups in total. The highest BCUT2D eigenvalue weighted by Crippen LogP contribution is 2.38. The van der Waals surface area contributed by atoms with Gasteiger partial charge in [0.25, 0.3) is 0 Å². The van der Waals surface area contributed by atoms with Crippen molar-refractivity contribution in [3.05, 3.63) is 52.0 Å². The Labute approximate surface area is 209 Å². The van der Waals surface area contributed by atoms with Crippen molar-refractivity contribution in [2.45, 2.75) is 83.8 Å². The molecule has 1 aromatic carbocycles. The van der Waals surface area contributed by atoms with E-state index in [0.717, 1.165) is 25.3 Å². The van der Waals surface area contributed by atoms with Crippen LogP contribution in [-0.2, 0) is 26.9 Å². The van der Waals surface area contributed by atoms with Gasteiger partial charge < -0.3 is 20.1 Å². The first kappa shape index (κ1) is 26.3. The smallest absolute Gasteiger partial charge is 0.363 e. The number of nitrogens with one attached hydrogen (secondary N) is 2. The van der Waals surface area contributed by atoms with Crippen LogP contribution in [0.25, 0.3) is 0 Å². The number of hydrogen-bond donors (Lipinski definition) is 2. The maximum Gasteiger partial charge on any atom is 0.416 e. The van der Waals surface area contributed by atoms with Crippen LogP contribution < -0.4 is 10.6 Å². The molecule has 10 heteroatoms. The lowest BCUT2D eigenvalue weighted by atomic mass is 9.78. The van der Waals surface area contributed by atoms with Crippen LogP contribution in [0.5, 0.6) is 0 Å². The Kier molecular flexibility index (Phi) is 7.56. The van der Waals surface area contributed by atoms with E-state index in [1.807, 2.05) is 13.8 Å². The van der Waals surface area contributed by atoms with Gasteiger partial charge in [-0.15, -0.1) is 0 Å². The average molecular weight is 507 g/mol. The SMILES string of the molecule is CCC(Nc1nc(C)nc(CC(=O)NC2(C)CCC2)c1C1OCCO1)c1cccc(C(F)(F)F)c1C. The summed E-state index contributed by atoms with van der Waals surface area (Å²) in [5, 5.41) is 6.42. The van der Waals surface area contributed by atoms with Crippen molar-refractivity contribution >= 4 is 11.7 Å². The zero-order chi connectivity index (χ0) is 26.1. The number of rotatable bonds is 8. The Morgan fingerprint density at radius 1 is 1.19 bits per heavy atom. The number of amides is 1. The minimum absolute atomic E-state index is 0.0194. The van der Waals surface area contributed by atoms with Crippen LogP contribution in [0.4, 0.5) is 19.0 Å². The highest BCUT2D eigenvalue weighted by Gasteiger charge is 2.36. The van der Waals surface area contributed by atoms with Crippen LogP contribution in [-0.4, -0.2) is 34.6 Å². The number of anilines is 1. The molecule has 1 aliphatic heterocycles. The maximum atomic E-state index is 13.6. The van der Waals surface area contributed by atoms with Gasteiger partial charge in [0.2, 0.25) is 5.91 Å². The molecule has 1 saturated carbocycles. The lowest BCUT2D eigenvalue weighted by molar-refractivity contribution is -0.138. The number of hydrogen-bond acceptors (Lipinski definition) is 6. The molecule has 7 nitrogen and oxygen atoms in total. The molecular weight excluding hydrogens is 473 g/mol. The molecule has 2 aromatic rings. The Hall–Kier alpha value is -2.72. The van der Waals surface area contributed by atoms with E-state index in [0.29, 0.717) is 48.1 Å². The van der Waals surface area contributed by atoms with Gasteiger partial charge in [0.15, 0.2) is 6.29 Å². The fourth-order valence-corrected chi connectivity index (χ4v) is 4.92. The van der Waals surface area contributed by atoms with E-state index in [-0.39, 0.29) is 23.4 Å². The summed E-state index contributed by atoms with van der Waals surface area (Å²) in [6, 6.07) is 3.74. The summed E-state index contributed by atoms with van der Waals surface area (Å²) in [7, 11) is 0. The van der Waals surface area contributed by atoms with Crippen LogP contribution >= 0.6 is 0 Å². The van der Waals surface area contributed by atoms with E-state index in [2.05, 4.69) is 20.6 Å². The number of alkyl halides is 3. The number of nitrogens with zero attached hydrogens (tertiary/aromatic N) is 2. The van der Waals surface area contributed by atoms with Gasteiger partial charge in [-0.2, -0.15) is 13.2 Å². The molecule has 196 valence electrons. The normalized spacial score (nSPS) is 18.5. The lowest BCUT2D eigenvalue weighted by Crippen LogP contribution is -2.51. The number of aromatic nitrogens is 2. The Morgan fingerprint density at radius 2 is 1.89 bits per heavy atom. The van der Waals surface area contributed by atoms with Crippen LogP contribution in [0, 0.1) is 13.8 Å². The number of carbonyl (C=O) groups is 1. The molecule has 1 aliphatic carbocycles. The summed E-state index contributed by atoms with van der Waals surface area (Å²) in [4.78, 5) is 22.0. The van der Waals surface area contributed by atoms with Gasteiger partial charge in [-0.05, 0) is 63.6 Å². The summed E-state index contributed by atoms with van der Waals surface area (Å²) in [5.41, 5.74) is 0.819. The quantitative estimate of drug-likeness (QED) is 0.504. The molecule has 0 bridgehead atoms. The predicted octanol–water partition coefficient (Wildman–Crippen LogP) is 5.32. The van der Waals surface area contributed by atoms with Crippen molar-refractivity contribution in [1.82, 2.24) is 15.3 Å². The standard InChI is InChI=1S/C26H33F3N4O3/c1-5-19(17-8-6-9-18(15(17)2)26(27,28)29)32-23-22(24-35-12-13-36-24)20(30-16(3)31-23)14-21(34)33-25(4)10-7-11-25/h6,8-9,19,24H,5,7,10-14H2,1-4H3,(H,33,34)(H,30,31,32). The first-order valence-electron chi connectivity index (χ1n) is 12.4. The van der Waals surface area contributed by atoms with Crippen LogP contribution in [0.1, 0.15) is 85.6 Å². The van der Waals surface area contributed by atoms with Crippen molar-refractivity contribution in [2.75, 3.05) is 18.5 Å². The zero-order valence-corrected chi connectivity index (χ0v) is 21.1. The topological polar surface area (TPSA) is 85.4 Å². The van der Waals surface area contributed by atoms with Gasteiger partial charge in [-0.1, -0.05) is 19.1 Å². The molecule has 1 aromatic heterocycles. The third-order valence-electron chi connectivity index (χ3n) is 7.00. The van der Waals surface area contributed by atoms with Crippen LogP contribution in [0.3, 0.4) is 0 Å². The summed E-state index contributed by atoms with van der Waals surface area (Å²) in [5.74, 6) is 0.685. The number of benzene rings is 1. The van der Waals surface area contributed by atoms with E-state index in [1.165, 1.54) is 13.0 Å². The fourth-order valence-electron chi connectivity index (χ4n) is 4.92. The van der Waals surface area contributed by atoms with Crippen molar-refractivity contribution in [3.8, 4) is 0 Å². The molecule has 36 heavy (non-hydrogen) atoms. The Balaban J connectivity index is 1.69. The number of aryl methyl sites for hydroxylation is 1. The van der Waals surface area contributed by atoms with E-state index in [4.69, 9.17) is 9.47 Å². The van der Waals surface area contributed by atoms with Crippen molar-refractivity contribution in [3.63, 3.8) is 0 Å². The van der Waals surface area contributed by atoms with Crippen molar-refractivity contribution < 1.29 is 27.4 Å². The Bertz CT molecular complexity index is 1110. The number of ether oxygens (including phenoxy) is 2. The van der Waals surface area contributed by atoms with Crippen LogP contribution in [0.15, 0.2) is 18.2 Å². The number of halogens is 3. The van der Waals surface area contributed by atoms with Gasteiger partial charge >= 0.3 is 6.18 Å². The lowest BCUT2D eigenvalue weighted by Gasteiger charge is -2.39. The van der Waals surface area contributed by atoms with E-state index >= 15 is 0 Å². The second-order valence-corrected chi connectivity index (χ2v) is 9.82. The van der Waals surface area contributed by atoms with Crippen LogP contribution in [0.2, 0.25) is 0 Å². The summed E-state index contributed by atoms with van der Waals surface area (Å²) >= 11 is 0. The first-order chi connectivity index (χ1) is 17.0. The first-order valence-corrected chi connectivity index (χ1v) is 12.4. The molecule has 1 unspecified atom stereocenters. The minimum Gasteiger partial charge on any atom is -0.363 e. The van der Waals surface area contributed by atoms with Gasteiger partial charge in [0.05, 0.1) is 42.5 Å². The average Bonchev–Trinajstić information content (AvgIpc) is 3.30. The Morgan fingerprint density at radius 3 is 2.47 bits per heavy atom. The van der Waals surface area contributed by atoms with Gasteiger partial charge in [0.1, 0.15) is 11.6 Å². The summed E-state index contributed by atoms with van der Waals surface area (Å²) < 4.78 is 52.2. The van der Waals surface area contributed by atoms with E-state index < -0.39 is 24.1 Å². The fraction of sp³-hybridized carbons (Fsp3) is 0.577. The monoisotopic (exact) mass is 506 g/mol. The second kappa shape index (κ2) is 10.3. The van der Waals surface area contributed by atoms with Gasteiger partial charge in [-0.25, -0.2) is 9.97 Å². The molecule has 0 radical (unpaired) electrons. The van der Waals surface area contributed by atoms with Crippen molar-refractivity contribution in [1.29, 1.82) is 0 Å². The summed E-state index contributed by atoms with van der Waals surface area (Å²) in [6.07, 6.45) is -1.74. The molecule has 2 aliphatic rings. The maximum absolute atomic E-state index is 13.6. The van der Waals surface area contributed by atoms with Crippen molar-refractivity contribution in [2.24, 2.45) is 0 Å². The molecule has 2 fully saturated rings. The van der Waals surface area contributed by atoms with E-state index in [9.17, 15) is 18.0 Å². The highest BCUT2D eigenvalue weighted by atomic mass is 19.4. The molecule has 4 rings (SSSR count). The predicted molar refractivity (Wildman–Crippen MR) is 128 cm³/mol. The van der Waals surface area contributed by atoms with Gasteiger partial charge in [-0.3, -0.25) is 4.79 Å². The molecule has 2 heterocycles. The third-order valence-corrected chi connectivity index (χ3v) is 7.00. The molecule has 1 atom stereocenters. The highest BCUT2D eigenvalue weighted by molar-refractivity contribution is 5.80. The molecule has 0 spiro atoms. The third kappa shape index (κ3) is 5.64. The van der Waals surface area contributed by atoms with Gasteiger partial charge in [0, 0.05) is 5.54 Å². The molecule has 1 amide bonds. The second-order valence-electron chi connectivity index (χ2n) is 9.82. The molecule has 1 saturated heterocycles.